The fraction of sp³-hybridized carbons (Fsp3) is 0.462. The number of benzene rings is 1. The van der Waals surface area contributed by atoms with Crippen LogP contribution in [0.15, 0.2) is 35.2 Å². The number of Topliss-reactive ketones (excluding diaryl/α,β-unsaturated/α-hetero) is 1. The van der Waals surface area contributed by atoms with Crippen molar-refractivity contribution < 1.29 is 22.9 Å². The first-order chi connectivity index (χ1) is 9.86. The van der Waals surface area contributed by atoms with Crippen molar-refractivity contribution in [1.29, 1.82) is 0 Å². The van der Waals surface area contributed by atoms with E-state index in [-0.39, 0.29) is 29.9 Å². The number of hydrogen-bond donors (Lipinski definition) is 0. The van der Waals surface area contributed by atoms with Crippen LogP contribution in [0, 0.1) is 10.1 Å². The molecule has 0 amide bonds. The normalized spacial score (nSPS) is 26.5. The number of rotatable bonds is 4. The molecular weight excluding hydrogens is 298 g/mol. The highest BCUT2D eigenvalue weighted by atomic mass is 32.2. The zero-order valence-electron chi connectivity index (χ0n) is 11.4. The standard InChI is InChI=1S/C13H15NO6S/c1-20-12-9-10(15)7-8-13(12,14(16)17)21(18,19)11-5-3-2-4-6-11/h2-6,12H,7-9H2,1H3/t12-,13+/m0/s1. The van der Waals surface area contributed by atoms with Crippen LogP contribution in [-0.2, 0) is 19.4 Å². The Labute approximate surface area is 122 Å². The summed E-state index contributed by atoms with van der Waals surface area (Å²) in [5, 5.41) is 11.6. The number of hydrogen-bond acceptors (Lipinski definition) is 6. The van der Waals surface area contributed by atoms with E-state index in [0.717, 1.165) is 0 Å². The Morgan fingerprint density at radius 2 is 1.95 bits per heavy atom. The van der Waals surface area contributed by atoms with E-state index >= 15 is 0 Å². The lowest BCUT2D eigenvalue weighted by Crippen LogP contribution is -2.59. The first-order valence-electron chi connectivity index (χ1n) is 6.35. The molecule has 1 aromatic rings. The Hall–Kier alpha value is -1.80. The van der Waals surface area contributed by atoms with Crippen molar-refractivity contribution >= 4 is 15.6 Å². The van der Waals surface area contributed by atoms with Gasteiger partial charge in [-0.05, 0) is 12.1 Å². The molecule has 0 unspecified atom stereocenters. The maximum atomic E-state index is 12.8. The second-order valence-corrected chi connectivity index (χ2v) is 7.07. The van der Waals surface area contributed by atoms with Crippen molar-refractivity contribution in [2.75, 3.05) is 7.11 Å². The molecule has 2 rings (SSSR count). The molecule has 21 heavy (non-hydrogen) atoms. The van der Waals surface area contributed by atoms with Crippen LogP contribution >= 0.6 is 0 Å². The predicted octanol–water partition coefficient (Wildman–Crippen LogP) is 1.20. The van der Waals surface area contributed by atoms with E-state index in [1.165, 1.54) is 31.4 Å². The Bertz CT molecular complexity index is 656. The lowest BCUT2D eigenvalue weighted by molar-refractivity contribution is -0.555. The Balaban J connectivity index is 2.63. The molecule has 1 fully saturated rings. The lowest BCUT2D eigenvalue weighted by atomic mass is 9.91. The van der Waals surface area contributed by atoms with Crippen molar-refractivity contribution in [2.45, 2.75) is 35.1 Å². The van der Waals surface area contributed by atoms with Crippen molar-refractivity contribution in [3.8, 4) is 0 Å². The highest BCUT2D eigenvalue weighted by Crippen LogP contribution is 2.39. The largest absolute Gasteiger partial charge is 0.372 e. The highest BCUT2D eigenvalue weighted by molar-refractivity contribution is 7.92. The van der Waals surface area contributed by atoms with Crippen LogP contribution in [-0.4, -0.2) is 37.2 Å². The molecule has 8 heteroatoms. The summed E-state index contributed by atoms with van der Waals surface area (Å²) in [7, 11) is -3.10. The van der Waals surface area contributed by atoms with Crippen LogP contribution in [0.5, 0.6) is 0 Å². The SMILES string of the molecule is CO[C@H]1CC(=O)CC[C@@]1([N+](=O)[O-])S(=O)(=O)c1ccccc1. The zero-order chi connectivity index (χ0) is 15.7. The highest BCUT2D eigenvalue weighted by Gasteiger charge is 2.64. The number of nitrogens with zero attached hydrogens (tertiary/aromatic N) is 1. The van der Waals surface area contributed by atoms with Gasteiger partial charge in [-0.25, -0.2) is 8.42 Å². The monoisotopic (exact) mass is 313 g/mol. The fourth-order valence-corrected chi connectivity index (χ4v) is 4.65. The Morgan fingerprint density at radius 3 is 2.48 bits per heavy atom. The Kier molecular flexibility index (Phi) is 4.11. The lowest BCUT2D eigenvalue weighted by Gasteiger charge is -2.34. The number of sulfone groups is 1. The van der Waals surface area contributed by atoms with Crippen molar-refractivity contribution in [1.82, 2.24) is 0 Å². The maximum Gasteiger partial charge on any atom is 0.349 e. The van der Waals surface area contributed by atoms with Crippen LogP contribution in [0.4, 0.5) is 0 Å². The minimum atomic E-state index is -4.28. The van der Waals surface area contributed by atoms with E-state index in [9.17, 15) is 23.3 Å². The number of ketones is 1. The smallest absolute Gasteiger partial charge is 0.349 e. The molecule has 0 saturated heterocycles. The summed E-state index contributed by atoms with van der Waals surface area (Å²) in [6.45, 7) is 0. The fourth-order valence-electron chi connectivity index (χ4n) is 2.63. The van der Waals surface area contributed by atoms with Crippen LogP contribution in [0.25, 0.3) is 0 Å². The van der Waals surface area contributed by atoms with Crippen LogP contribution in [0.2, 0.25) is 0 Å². The van der Waals surface area contributed by atoms with Gasteiger partial charge in [0.15, 0.2) is 0 Å². The summed E-state index contributed by atoms with van der Waals surface area (Å²) < 4.78 is 30.6. The molecule has 0 N–H and O–H groups in total. The summed E-state index contributed by atoms with van der Waals surface area (Å²) in [4.78, 5) is 19.8. The first kappa shape index (κ1) is 15.6. The second kappa shape index (κ2) is 5.53. The third-order valence-corrected chi connectivity index (χ3v) is 6.23. The molecule has 2 atom stereocenters. The van der Waals surface area contributed by atoms with E-state index in [4.69, 9.17) is 4.74 Å². The average Bonchev–Trinajstić information content (AvgIpc) is 2.47. The van der Waals surface area contributed by atoms with Gasteiger partial charge >= 0.3 is 4.87 Å². The molecule has 1 aliphatic rings. The Morgan fingerprint density at radius 1 is 1.33 bits per heavy atom. The van der Waals surface area contributed by atoms with Gasteiger partial charge in [0.1, 0.15) is 11.9 Å². The summed E-state index contributed by atoms with van der Waals surface area (Å²) >= 11 is 0. The number of carbonyl (C=O) groups is 1. The average molecular weight is 313 g/mol. The van der Waals surface area contributed by atoms with Crippen LogP contribution in [0.1, 0.15) is 19.3 Å². The molecule has 0 spiro atoms. The van der Waals surface area contributed by atoms with Gasteiger partial charge in [-0.15, -0.1) is 0 Å². The van der Waals surface area contributed by atoms with E-state index in [2.05, 4.69) is 0 Å². The van der Waals surface area contributed by atoms with Crippen LogP contribution in [0.3, 0.4) is 0 Å². The zero-order valence-corrected chi connectivity index (χ0v) is 12.2. The topological polar surface area (TPSA) is 104 Å². The van der Waals surface area contributed by atoms with Gasteiger partial charge in [0.25, 0.3) is 9.84 Å². The summed E-state index contributed by atoms with van der Waals surface area (Å²) in [6, 6.07) is 7.23. The quantitative estimate of drug-likeness (QED) is 0.611. The molecule has 0 bridgehead atoms. The number of nitro groups is 1. The maximum absolute atomic E-state index is 12.8. The number of carbonyl (C=O) groups excluding carboxylic acids is 1. The van der Waals surface area contributed by atoms with Gasteiger partial charge in [0, 0.05) is 31.3 Å². The summed E-state index contributed by atoms with van der Waals surface area (Å²) in [6.07, 6.45) is -2.09. The van der Waals surface area contributed by atoms with Gasteiger partial charge < -0.3 is 4.74 Å². The van der Waals surface area contributed by atoms with E-state index in [1.807, 2.05) is 0 Å². The first-order valence-corrected chi connectivity index (χ1v) is 7.83. The molecule has 0 aromatic heterocycles. The molecule has 1 saturated carbocycles. The molecule has 7 nitrogen and oxygen atoms in total. The van der Waals surface area contributed by atoms with Gasteiger partial charge in [-0.1, -0.05) is 18.2 Å². The minimum Gasteiger partial charge on any atom is -0.372 e. The van der Waals surface area contributed by atoms with Crippen molar-refractivity contribution in [3.63, 3.8) is 0 Å². The molecule has 0 radical (unpaired) electrons. The van der Waals surface area contributed by atoms with E-state index in [0.29, 0.717) is 0 Å². The van der Waals surface area contributed by atoms with Gasteiger partial charge in [0.2, 0.25) is 0 Å². The third kappa shape index (κ3) is 2.34. The molecule has 1 aliphatic carbocycles. The summed E-state index contributed by atoms with van der Waals surface area (Å²) in [5.41, 5.74) is 0. The molecule has 0 heterocycles. The van der Waals surface area contributed by atoms with E-state index in [1.54, 1.807) is 6.07 Å². The van der Waals surface area contributed by atoms with Gasteiger partial charge in [0.05, 0.1) is 4.90 Å². The number of methoxy groups -OCH3 is 1. The minimum absolute atomic E-state index is 0.141. The summed E-state index contributed by atoms with van der Waals surface area (Å²) in [5.74, 6) is -0.234. The second-order valence-electron chi connectivity index (χ2n) is 4.89. The predicted molar refractivity (Wildman–Crippen MR) is 73.0 cm³/mol. The molecule has 1 aromatic carbocycles. The van der Waals surface area contributed by atoms with Crippen molar-refractivity contribution in [2.24, 2.45) is 0 Å². The third-order valence-electron chi connectivity index (χ3n) is 3.79. The number of ether oxygens (including phenoxy) is 1. The molecule has 114 valence electrons. The van der Waals surface area contributed by atoms with Crippen LogP contribution < -0.4 is 0 Å². The molecular formula is C13H15NO6S. The van der Waals surface area contributed by atoms with E-state index < -0.39 is 25.7 Å². The van der Waals surface area contributed by atoms with Gasteiger partial charge in [-0.3, -0.25) is 14.9 Å². The van der Waals surface area contributed by atoms with Crippen molar-refractivity contribution in [3.05, 3.63) is 40.4 Å². The molecule has 0 aliphatic heterocycles. The van der Waals surface area contributed by atoms with Gasteiger partial charge in [-0.2, -0.15) is 0 Å².